The standard InChI is InChI=1S/C23H27NO3S/c1-4-27-23(26)20(21(25)17-11-7-5-8-12-17)19(15-16(2)3)24-22(28)18-13-9-6-10-14-18/h5-14,16,19-20H,4,15H2,1-3H3,(H,24,28). The molecule has 2 atom stereocenters. The van der Waals surface area contributed by atoms with E-state index in [-0.39, 0.29) is 18.3 Å². The summed E-state index contributed by atoms with van der Waals surface area (Å²) in [5.74, 6) is -1.48. The molecule has 5 heteroatoms. The van der Waals surface area contributed by atoms with Crippen molar-refractivity contribution in [1.29, 1.82) is 0 Å². The normalized spacial score (nSPS) is 12.9. The number of hydrogen-bond acceptors (Lipinski definition) is 4. The lowest BCUT2D eigenvalue weighted by atomic mass is 9.86. The Morgan fingerprint density at radius 2 is 1.50 bits per heavy atom. The average Bonchev–Trinajstić information content (AvgIpc) is 2.69. The van der Waals surface area contributed by atoms with E-state index in [0.717, 1.165) is 5.56 Å². The van der Waals surface area contributed by atoms with Crippen molar-refractivity contribution in [2.45, 2.75) is 33.2 Å². The van der Waals surface area contributed by atoms with Gasteiger partial charge in [0.15, 0.2) is 5.78 Å². The van der Waals surface area contributed by atoms with Gasteiger partial charge in [-0.1, -0.05) is 86.7 Å². The smallest absolute Gasteiger partial charge is 0.318 e. The molecule has 0 radical (unpaired) electrons. The summed E-state index contributed by atoms with van der Waals surface area (Å²) in [5, 5.41) is 3.26. The van der Waals surface area contributed by atoms with Gasteiger partial charge in [-0.2, -0.15) is 0 Å². The number of Topliss-reactive ketones (excluding diaryl/α,β-unsaturated/α-hetero) is 1. The van der Waals surface area contributed by atoms with Crippen molar-refractivity contribution < 1.29 is 14.3 Å². The first-order valence-corrected chi connectivity index (χ1v) is 9.96. The first kappa shape index (κ1) is 21.8. The van der Waals surface area contributed by atoms with Crippen LogP contribution in [-0.2, 0) is 9.53 Å². The molecule has 0 bridgehead atoms. The summed E-state index contributed by atoms with van der Waals surface area (Å²) in [6.45, 7) is 6.06. The van der Waals surface area contributed by atoms with Crippen LogP contribution in [0.2, 0.25) is 0 Å². The number of thiocarbonyl (C=S) groups is 1. The predicted octanol–water partition coefficient (Wildman–Crippen LogP) is 4.43. The fraction of sp³-hybridized carbons (Fsp3) is 0.348. The monoisotopic (exact) mass is 397 g/mol. The average molecular weight is 398 g/mol. The summed E-state index contributed by atoms with van der Waals surface area (Å²) in [5.41, 5.74) is 1.34. The Labute approximate surface area is 172 Å². The maximum Gasteiger partial charge on any atom is 0.318 e. The van der Waals surface area contributed by atoms with Gasteiger partial charge in [-0.25, -0.2) is 0 Å². The molecule has 0 saturated carbocycles. The SMILES string of the molecule is CCOC(=O)C(C(=O)c1ccccc1)C(CC(C)C)NC(=S)c1ccccc1. The van der Waals surface area contributed by atoms with Gasteiger partial charge in [0.25, 0.3) is 0 Å². The van der Waals surface area contributed by atoms with Gasteiger partial charge in [0.2, 0.25) is 0 Å². The van der Waals surface area contributed by atoms with E-state index in [1.807, 2.05) is 36.4 Å². The second-order valence-electron chi connectivity index (χ2n) is 7.04. The van der Waals surface area contributed by atoms with Gasteiger partial charge in [0.1, 0.15) is 10.9 Å². The molecule has 2 aromatic rings. The van der Waals surface area contributed by atoms with Crippen molar-refractivity contribution >= 4 is 29.0 Å². The van der Waals surface area contributed by atoms with E-state index in [1.165, 1.54) is 0 Å². The molecule has 2 rings (SSSR count). The molecule has 2 aromatic carbocycles. The van der Waals surface area contributed by atoms with E-state index in [2.05, 4.69) is 19.2 Å². The highest BCUT2D eigenvalue weighted by Gasteiger charge is 2.37. The molecule has 0 spiro atoms. The zero-order valence-corrected chi connectivity index (χ0v) is 17.4. The fourth-order valence-electron chi connectivity index (χ4n) is 3.10. The van der Waals surface area contributed by atoms with Crippen molar-refractivity contribution in [3.63, 3.8) is 0 Å². The number of benzene rings is 2. The molecular weight excluding hydrogens is 370 g/mol. The molecule has 0 amide bonds. The minimum Gasteiger partial charge on any atom is -0.465 e. The highest BCUT2D eigenvalue weighted by Crippen LogP contribution is 2.21. The molecule has 0 fully saturated rings. The lowest BCUT2D eigenvalue weighted by Crippen LogP contribution is -2.47. The van der Waals surface area contributed by atoms with Crippen LogP contribution in [0.3, 0.4) is 0 Å². The topological polar surface area (TPSA) is 55.4 Å². The number of hydrogen-bond donors (Lipinski definition) is 1. The quantitative estimate of drug-likeness (QED) is 0.294. The Hall–Kier alpha value is -2.53. The Morgan fingerprint density at radius 3 is 2.00 bits per heavy atom. The van der Waals surface area contributed by atoms with Crippen LogP contribution in [0.15, 0.2) is 60.7 Å². The van der Waals surface area contributed by atoms with Crippen LogP contribution in [-0.4, -0.2) is 29.4 Å². The number of nitrogens with one attached hydrogen (secondary N) is 1. The third-order valence-electron chi connectivity index (χ3n) is 4.36. The Bertz CT molecular complexity index is 790. The molecule has 0 saturated heterocycles. The molecule has 4 nitrogen and oxygen atoms in total. The molecule has 0 aliphatic heterocycles. The molecule has 148 valence electrons. The largest absolute Gasteiger partial charge is 0.465 e. The molecule has 28 heavy (non-hydrogen) atoms. The second-order valence-corrected chi connectivity index (χ2v) is 7.44. The van der Waals surface area contributed by atoms with Crippen molar-refractivity contribution in [3.8, 4) is 0 Å². The van der Waals surface area contributed by atoms with E-state index < -0.39 is 17.9 Å². The Balaban J connectivity index is 2.36. The van der Waals surface area contributed by atoms with E-state index in [9.17, 15) is 9.59 Å². The van der Waals surface area contributed by atoms with Crippen LogP contribution in [0.4, 0.5) is 0 Å². The fourth-order valence-corrected chi connectivity index (χ4v) is 3.38. The lowest BCUT2D eigenvalue weighted by molar-refractivity contribution is -0.147. The number of rotatable bonds is 9. The van der Waals surface area contributed by atoms with Crippen molar-refractivity contribution in [2.75, 3.05) is 6.61 Å². The van der Waals surface area contributed by atoms with E-state index in [0.29, 0.717) is 17.0 Å². The predicted molar refractivity (Wildman–Crippen MR) is 115 cm³/mol. The summed E-state index contributed by atoms with van der Waals surface area (Å²) in [6.07, 6.45) is 0.606. The molecule has 0 aromatic heterocycles. The molecular formula is C23H27NO3S. The van der Waals surface area contributed by atoms with Crippen LogP contribution < -0.4 is 5.32 Å². The maximum atomic E-state index is 13.2. The van der Waals surface area contributed by atoms with E-state index in [4.69, 9.17) is 17.0 Å². The molecule has 1 N–H and O–H groups in total. The first-order chi connectivity index (χ1) is 13.4. The molecule has 0 aliphatic carbocycles. The van der Waals surface area contributed by atoms with Gasteiger partial charge < -0.3 is 10.1 Å². The molecule has 0 aliphatic rings. The third kappa shape index (κ3) is 5.99. The van der Waals surface area contributed by atoms with Crippen molar-refractivity contribution in [3.05, 3.63) is 71.8 Å². The van der Waals surface area contributed by atoms with Crippen LogP contribution in [0.1, 0.15) is 43.1 Å². The highest BCUT2D eigenvalue weighted by atomic mass is 32.1. The van der Waals surface area contributed by atoms with Crippen LogP contribution in [0, 0.1) is 11.8 Å². The Kier molecular flexibility index (Phi) is 8.33. The minimum atomic E-state index is -0.966. The van der Waals surface area contributed by atoms with Crippen molar-refractivity contribution in [1.82, 2.24) is 5.32 Å². The van der Waals surface area contributed by atoms with Crippen LogP contribution in [0.5, 0.6) is 0 Å². The highest BCUT2D eigenvalue weighted by molar-refractivity contribution is 7.80. The van der Waals surface area contributed by atoms with Gasteiger partial charge in [0.05, 0.1) is 6.61 Å². The number of ether oxygens (including phenoxy) is 1. The first-order valence-electron chi connectivity index (χ1n) is 9.55. The zero-order valence-electron chi connectivity index (χ0n) is 16.6. The van der Waals surface area contributed by atoms with Gasteiger partial charge in [-0.3, -0.25) is 9.59 Å². The van der Waals surface area contributed by atoms with Gasteiger partial charge >= 0.3 is 5.97 Å². The van der Waals surface area contributed by atoms with Gasteiger partial charge in [0, 0.05) is 17.2 Å². The van der Waals surface area contributed by atoms with E-state index in [1.54, 1.807) is 31.2 Å². The summed E-state index contributed by atoms with van der Waals surface area (Å²) >= 11 is 5.55. The minimum absolute atomic E-state index is 0.217. The third-order valence-corrected chi connectivity index (χ3v) is 4.72. The van der Waals surface area contributed by atoms with Gasteiger partial charge in [-0.05, 0) is 19.3 Å². The Morgan fingerprint density at radius 1 is 0.964 bits per heavy atom. The van der Waals surface area contributed by atoms with Gasteiger partial charge in [-0.15, -0.1) is 0 Å². The van der Waals surface area contributed by atoms with Crippen molar-refractivity contribution in [2.24, 2.45) is 11.8 Å². The summed E-state index contributed by atoms with van der Waals surface area (Å²) in [7, 11) is 0. The summed E-state index contributed by atoms with van der Waals surface area (Å²) in [6, 6.07) is 17.9. The number of carbonyl (C=O) groups is 2. The molecule has 0 heterocycles. The second kappa shape index (κ2) is 10.7. The number of carbonyl (C=O) groups excluding carboxylic acids is 2. The van der Waals surface area contributed by atoms with E-state index >= 15 is 0 Å². The van der Waals surface area contributed by atoms with Crippen LogP contribution >= 0.6 is 12.2 Å². The molecule has 2 unspecified atom stereocenters. The maximum absolute atomic E-state index is 13.2. The summed E-state index contributed by atoms with van der Waals surface area (Å²) < 4.78 is 5.25. The summed E-state index contributed by atoms with van der Waals surface area (Å²) in [4.78, 5) is 26.5. The van der Waals surface area contributed by atoms with Crippen LogP contribution in [0.25, 0.3) is 0 Å². The lowest BCUT2D eigenvalue weighted by Gasteiger charge is -2.28. The zero-order chi connectivity index (χ0) is 20.5. The number of esters is 1. The number of ketones is 1.